The molecule has 2 heterocycles. The van der Waals surface area contributed by atoms with Gasteiger partial charge in [0.2, 0.25) is 11.8 Å². The fourth-order valence-electron chi connectivity index (χ4n) is 7.32. The summed E-state index contributed by atoms with van der Waals surface area (Å²) in [6.45, 7) is 0. The molecule has 12 heteroatoms. The minimum atomic E-state index is -6.58. The van der Waals surface area contributed by atoms with Crippen LogP contribution in [0.15, 0.2) is 191 Å². The molecule has 0 saturated carbocycles. The van der Waals surface area contributed by atoms with Crippen LogP contribution in [-0.4, -0.2) is 11.8 Å². The zero-order valence-electron chi connectivity index (χ0n) is 31.1. The van der Waals surface area contributed by atoms with Crippen LogP contribution in [0, 0.1) is 0 Å². The Morgan fingerprint density at radius 2 is 0.750 bits per heavy atom. The average Bonchev–Trinajstić information content (AvgIpc) is 3.89. The summed E-state index contributed by atoms with van der Waals surface area (Å²) in [6, 6.07) is 44.7. The van der Waals surface area contributed by atoms with Crippen LogP contribution >= 0.6 is 0 Å². The van der Waals surface area contributed by atoms with E-state index < -0.39 is 34.8 Å². The minimum Gasteiger partial charge on any atom is -0.440 e. The highest BCUT2D eigenvalue weighted by Gasteiger charge is 2.81. The zero-order chi connectivity index (χ0) is 41.9. The van der Waals surface area contributed by atoms with Crippen molar-refractivity contribution in [1.29, 1.82) is 0 Å². The molecule has 0 atom stereocenters. The molecule has 0 radical (unpaired) electrons. The van der Waals surface area contributed by atoms with Crippen molar-refractivity contribution in [3.63, 3.8) is 0 Å². The second kappa shape index (κ2) is 14.3. The number of fused-ring (bicyclic) bond motifs is 3. The summed E-state index contributed by atoms with van der Waals surface area (Å²) in [7, 11) is 0. The number of halogens is 8. The highest BCUT2D eigenvalue weighted by molar-refractivity contribution is 5.99. The molecule has 60 heavy (non-hydrogen) atoms. The second-order valence-corrected chi connectivity index (χ2v) is 14.1. The third kappa shape index (κ3) is 6.21. The average molecular weight is 819 g/mol. The van der Waals surface area contributed by atoms with Gasteiger partial charge in [-0.25, -0.2) is 0 Å². The number of hydrogen-bond donors (Lipinski definition) is 0. The van der Waals surface area contributed by atoms with E-state index in [0.717, 1.165) is 35.0 Å². The first-order valence-electron chi connectivity index (χ1n) is 18.6. The normalized spacial score (nSPS) is 12.7. The second-order valence-electron chi connectivity index (χ2n) is 14.1. The number of alkyl halides is 8. The largest absolute Gasteiger partial charge is 0.440 e. The number of anilines is 6. The van der Waals surface area contributed by atoms with E-state index in [0.29, 0.717) is 57.6 Å². The van der Waals surface area contributed by atoms with Crippen LogP contribution in [0.1, 0.15) is 11.1 Å². The molecule has 300 valence electrons. The van der Waals surface area contributed by atoms with Crippen molar-refractivity contribution >= 4 is 67.2 Å². The summed E-state index contributed by atoms with van der Waals surface area (Å²) in [4.78, 5) is 3.06. The standard InChI is InChI=1S/C48H30F8N2O2/c49-45(50,34-21-25-37(26-22-34)57(36-15-2-1-3-16-36)43-29-32-12-5-8-19-41(32)59-43)47(53,54)48(55,56)46(51,52)35-23-27-38(28-24-35)58(44-30-33-13-6-9-20-42(33)60-44)40-18-10-14-31-11-4-7-17-39(31)40/h1-30H. The molecule has 0 unspecified atom stereocenters. The van der Waals surface area contributed by atoms with E-state index in [2.05, 4.69) is 0 Å². The Bertz CT molecular complexity index is 2890. The Balaban J connectivity index is 1.04. The fraction of sp³-hybridized carbons (Fsp3) is 0.0833. The molecule has 0 aliphatic heterocycles. The molecule has 9 aromatic rings. The van der Waals surface area contributed by atoms with Gasteiger partial charge in [-0.15, -0.1) is 0 Å². The monoisotopic (exact) mass is 818 g/mol. The van der Waals surface area contributed by atoms with Gasteiger partial charge in [0.1, 0.15) is 11.2 Å². The molecular weight excluding hydrogens is 789 g/mol. The molecule has 0 N–H and O–H groups in total. The van der Waals surface area contributed by atoms with Gasteiger partial charge in [-0.1, -0.05) is 115 Å². The number of nitrogens with zero attached hydrogens (tertiary/aromatic N) is 2. The molecule has 0 aliphatic carbocycles. The lowest BCUT2D eigenvalue weighted by Gasteiger charge is -2.37. The lowest BCUT2D eigenvalue weighted by Crippen LogP contribution is -2.59. The van der Waals surface area contributed by atoms with Gasteiger partial charge >= 0.3 is 23.7 Å². The van der Waals surface area contributed by atoms with Crippen molar-refractivity contribution < 1.29 is 44.0 Å². The molecule has 0 fully saturated rings. The van der Waals surface area contributed by atoms with Crippen molar-refractivity contribution in [3.8, 4) is 0 Å². The quantitative estimate of drug-likeness (QED) is 0.122. The van der Waals surface area contributed by atoms with Gasteiger partial charge < -0.3 is 8.83 Å². The third-order valence-corrected chi connectivity index (χ3v) is 10.4. The topological polar surface area (TPSA) is 32.8 Å². The molecule has 7 aromatic carbocycles. The molecule has 4 nitrogen and oxygen atoms in total. The zero-order valence-corrected chi connectivity index (χ0v) is 31.1. The number of benzene rings is 7. The van der Waals surface area contributed by atoms with Crippen molar-refractivity contribution in [3.05, 3.63) is 193 Å². The third-order valence-electron chi connectivity index (χ3n) is 10.4. The minimum absolute atomic E-state index is 0.137. The highest BCUT2D eigenvalue weighted by atomic mass is 19.4. The predicted molar refractivity (Wildman–Crippen MR) is 217 cm³/mol. The number of hydrogen-bond acceptors (Lipinski definition) is 4. The van der Waals surface area contributed by atoms with Gasteiger partial charge in [0.05, 0.1) is 5.69 Å². The molecule has 0 spiro atoms. The maximum atomic E-state index is 15.8. The first-order chi connectivity index (χ1) is 28.8. The lowest BCUT2D eigenvalue weighted by molar-refractivity contribution is -0.374. The summed E-state index contributed by atoms with van der Waals surface area (Å²) in [6.07, 6.45) is 0. The summed E-state index contributed by atoms with van der Waals surface area (Å²) >= 11 is 0. The van der Waals surface area contributed by atoms with Crippen LogP contribution in [-0.2, 0) is 11.8 Å². The molecular formula is C48H30F8N2O2. The van der Waals surface area contributed by atoms with Crippen molar-refractivity contribution in [2.45, 2.75) is 23.7 Å². The Morgan fingerprint density at radius 1 is 0.350 bits per heavy atom. The van der Waals surface area contributed by atoms with Gasteiger partial charge in [-0.05, 0) is 60.0 Å². The van der Waals surface area contributed by atoms with Crippen LogP contribution < -0.4 is 9.80 Å². The van der Waals surface area contributed by atoms with Crippen LogP contribution in [0.25, 0.3) is 32.7 Å². The molecule has 0 bridgehead atoms. The van der Waals surface area contributed by atoms with Crippen LogP contribution in [0.4, 0.5) is 69.6 Å². The smallest absolute Gasteiger partial charge is 0.382 e. The van der Waals surface area contributed by atoms with E-state index in [1.54, 1.807) is 114 Å². The fourth-order valence-corrected chi connectivity index (χ4v) is 7.32. The molecule has 2 aromatic heterocycles. The summed E-state index contributed by atoms with van der Waals surface area (Å²) in [5, 5.41) is 2.95. The summed E-state index contributed by atoms with van der Waals surface area (Å²) in [5.41, 5.74) is -0.904. The molecule has 0 amide bonds. The Labute approximate surface area is 337 Å². The van der Waals surface area contributed by atoms with Crippen LogP contribution in [0.5, 0.6) is 0 Å². The molecule has 9 rings (SSSR count). The van der Waals surface area contributed by atoms with E-state index in [-0.39, 0.29) is 23.1 Å². The molecule has 0 aliphatic rings. The van der Waals surface area contributed by atoms with Gasteiger partial charge in [0.15, 0.2) is 0 Å². The van der Waals surface area contributed by atoms with Crippen molar-refractivity contribution in [2.75, 3.05) is 9.80 Å². The van der Waals surface area contributed by atoms with Crippen LogP contribution in [0.2, 0.25) is 0 Å². The molecule has 0 saturated heterocycles. The van der Waals surface area contributed by atoms with Crippen LogP contribution in [0.3, 0.4) is 0 Å². The Kier molecular flexibility index (Phi) is 9.18. The van der Waals surface area contributed by atoms with E-state index in [9.17, 15) is 0 Å². The van der Waals surface area contributed by atoms with E-state index in [1.807, 2.05) is 24.3 Å². The van der Waals surface area contributed by atoms with Crippen molar-refractivity contribution in [1.82, 2.24) is 0 Å². The first-order valence-corrected chi connectivity index (χ1v) is 18.6. The summed E-state index contributed by atoms with van der Waals surface area (Å²) < 4.78 is 138. The van der Waals surface area contributed by atoms with Gasteiger partial charge in [-0.2, -0.15) is 35.1 Å². The van der Waals surface area contributed by atoms with Gasteiger partial charge in [0.25, 0.3) is 0 Å². The van der Waals surface area contributed by atoms with E-state index in [4.69, 9.17) is 8.83 Å². The number of rotatable bonds is 11. The predicted octanol–water partition coefficient (Wildman–Crippen LogP) is 15.4. The first kappa shape index (κ1) is 38.4. The van der Waals surface area contributed by atoms with E-state index >= 15 is 35.1 Å². The Hall–Kier alpha value is -7.08. The maximum absolute atomic E-state index is 15.8. The maximum Gasteiger partial charge on any atom is 0.382 e. The highest BCUT2D eigenvalue weighted by Crippen LogP contribution is 2.59. The number of para-hydroxylation sites is 3. The van der Waals surface area contributed by atoms with Gasteiger partial charge in [0, 0.05) is 56.5 Å². The lowest BCUT2D eigenvalue weighted by atomic mass is 9.90. The van der Waals surface area contributed by atoms with E-state index in [1.165, 1.54) is 4.90 Å². The Morgan fingerprint density at radius 3 is 1.27 bits per heavy atom. The summed E-state index contributed by atoms with van der Waals surface area (Å²) in [5.74, 6) is -24.2. The van der Waals surface area contributed by atoms with Gasteiger partial charge in [-0.3, -0.25) is 9.80 Å². The number of furan rings is 2. The SMILES string of the molecule is FC(F)(c1ccc(N(c2ccccc2)c2cc3ccccc3o2)cc1)C(F)(F)C(F)(F)C(F)(F)c1ccc(N(c2cc3ccccc3o2)c2cccc3ccccc23)cc1. The van der Waals surface area contributed by atoms with Crippen molar-refractivity contribution in [2.24, 2.45) is 0 Å².